The highest BCUT2D eigenvalue weighted by molar-refractivity contribution is 9.10. The number of aromatic nitrogens is 1. The van der Waals surface area contributed by atoms with Crippen LogP contribution in [-0.4, -0.2) is 31.8 Å². The van der Waals surface area contributed by atoms with Crippen LogP contribution in [0.4, 0.5) is 0 Å². The zero-order valence-corrected chi connectivity index (χ0v) is 12.4. The summed E-state index contributed by atoms with van der Waals surface area (Å²) in [6, 6.07) is 3.68. The molecule has 0 amide bonds. The van der Waals surface area contributed by atoms with E-state index in [9.17, 15) is 0 Å². The van der Waals surface area contributed by atoms with Gasteiger partial charge >= 0.3 is 0 Å². The van der Waals surface area contributed by atoms with Crippen LogP contribution in [0, 0.1) is 0 Å². The van der Waals surface area contributed by atoms with E-state index < -0.39 is 0 Å². The monoisotopic (exact) mass is 328 g/mol. The van der Waals surface area contributed by atoms with Crippen LogP contribution in [0.5, 0.6) is 0 Å². The molecule has 0 saturated carbocycles. The van der Waals surface area contributed by atoms with Gasteiger partial charge in [0.15, 0.2) is 22.1 Å². The number of furan rings is 1. The van der Waals surface area contributed by atoms with E-state index in [0.29, 0.717) is 16.2 Å². The summed E-state index contributed by atoms with van der Waals surface area (Å²) in [5.74, 6) is 2.08. The predicted molar refractivity (Wildman–Crippen MR) is 75.0 cm³/mol. The van der Waals surface area contributed by atoms with Gasteiger partial charge in [-0.15, -0.1) is 0 Å². The Morgan fingerprint density at radius 1 is 1.26 bits per heavy atom. The van der Waals surface area contributed by atoms with E-state index in [0.717, 1.165) is 38.4 Å². The number of halogens is 1. The molecule has 2 aromatic heterocycles. The molecule has 0 spiro atoms. The van der Waals surface area contributed by atoms with Crippen molar-refractivity contribution in [2.75, 3.05) is 26.8 Å². The summed E-state index contributed by atoms with van der Waals surface area (Å²) in [4.78, 5) is 4.24. The molecular weight excluding hydrogens is 312 g/mol. The quantitative estimate of drug-likeness (QED) is 0.755. The number of ether oxygens (including phenoxy) is 1. The number of oxazole rings is 1. The van der Waals surface area contributed by atoms with Crippen molar-refractivity contribution >= 4 is 15.9 Å². The molecule has 2 heterocycles. The maximum Gasteiger partial charge on any atom is 0.195 e. The lowest BCUT2D eigenvalue weighted by Crippen LogP contribution is -2.20. The molecule has 6 heteroatoms. The molecule has 0 aromatic carbocycles. The first-order chi connectivity index (χ1) is 9.29. The highest BCUT2D eigenvalue weighted by Gasteiger charge is 2.09. The minimum atomic E-state index is 0.660. The fraction of sp³-hybridized carbons (Fsp3) is 0.462. The van der Waals surface area contributed by atoms with Gasteiger partial charge in [0.2, 0.25) is 0 Å². The first-order valence-electron chi connectivity index (χ1n) is 6.19. The summed E-state index contributed by atoms with van der Waals surface area (Å²) in [5.41, 5.74) is 0. The van der Waals surface area contributed by atoms with Gasteiger partial charge in [0.1, 0.15) is 0 Å². The zero-order chi connectivity index (χ0) is 13.5. The van der Waals surface area contributed by atoms with Gasteiger partial charge in [-0.3, -0.25) is 0 Å². The summed E-state index contributed by atoms with van der Waals surface area (Å²) in [6.45, 7) is 2.53. The molecule has 0 aliphatic rings. The number of nitrogens with one attached hydrogen (secondary N) is 1. The SMILES string of the molecule is COCCNCCCc1ncc(-c2ccc(Br)o2)o1. The lowest BCUT2D eigenvalue weighted by atomic mass is 10.3. The Kier molecular flexibility index (Phi) is 5.62. The summed E-state index contributed by atoms with van der Waals surface area (Å²) in [7, 11) is 1.70. The van der Waals surface area contributed by atoms with Gasteiger partial charge in [-0.2, -0.15) is 0 Å². The smallest absolute Gasteiger partial charge is 0.195 e. The molecule has 0 aliphatic heterocycles. The van der Waals surface area contributed by atoms with Crippen LogP contribution in [0.3, 0.4) is 0 Å². The van der Waals surface area contributed by atoms with Crippen molar-refractivity contribution in [2.45, 2.75) is 12.8 Å². The van der Waals surface area contributed by atoms with Gasteiger partial charge in [-0.25, -0.2) is 4.98 Å². The Labute approximate surface area is 120 Å². The van der Waals surface area contributed by atoms with Crippen LogP contribution < -0.4 is 5.32 Å². The highest BCUT2D eigenvalue weighted by Crippen LogP contribution is 2.25. The normalized spacial score (nSPS) is 11.1. The van der Waals surface area contributed by atoms with E-state index >= 15 is 0 Å². The number of hydrogen-bond acceptors (Lipinski definition) is 5. The molecule has 5 nitrogen and oxygen atoms in total. The molecule has 0 unspecified atom stereocenters. The number of rotatable bonds is 8. The third kappa shape index (κ3) is 4.49. The summed E-state index contributed by atoms with van der Waals surface area (Å²) in [5, 5.41) is 3.28. The molecule has 0 saturated heterocycles. The van der Waals surface area contributed by atoms with Crippen molar-refractivity contribution in [3.63, 3.8) is 0 Å². The first-order valence-corrected chi connectivity index (χ1v) is 6.99. The molecule has 0 atom stereocenters. The molecular formula is C13H17BrN2O3. The number of nitrogens with zero attached hydrogens (tertiary/aromatic N) is 1. The van der Waals surface area contributed by atoms with Crippen LogP contribution >= 0.6 is 15.9 Å². The molecule has 0 aliphatic carbocycles. The van der Waals surface area contributed by atoms with Crippen LogP contribution in [-0.2, 0) is 11.2 Å². The third-order valence-corrected chi connectivity index (χ3v) is 3.02. The Bertz CT molecular complexity index is 496. The Morgan fingerprint density at radius 2 is 2.16 bits per heavy atom. The predicted octanol–water partition coefficient (Wildman–Crippen LogP) is 2.87. The lowest BCUT2D eigenvalue weighted by Gasteiger charge is -2.01. The Hall–Kier alpha value is -1.11. The maximum atomic E-state index is 5.63. The van der Waals surface area contributed by atoms with Crippen LogP contribution in [0.15, 0.2) is 31.8 Å². The van der Waals surface area contributed by atoms with Crippen molar-refractivity contribution in [3.05, 3.63) is 28.9 Å². The summed E-state index contributed by atoms with van der Waals surface area (Å²) < 4.78 is 16.7. The molecule has 2 aromatic rings. The van der Waals surface area contributed by atoms with E-state index in [-0.39, 0.29) is 0 Å². The van der Waals surface area contributed by atoms with E-state index in [2.05, 4.69) is 26.2 Å². The molecule has 19 heavy (non-hydrogen) atoms. The third-order valence-electron chi connectivity index (χ3n) is 2.60. The highest BCUT2D eigenvalue weighted by atomic mass is 79.9. The van der Waals surface area contributed by atoms with E-state index in [4.69, 9.17) is 13.6 Å². The van der Waals surface area contributed by atoms with Crippen molar-refractivity contribution in [1.82, 2.24) is 10.3 Å². The van der Waals surface area contributed by atoms with Crippen LogP contribution in [0.25, 0.3) is 11.5 Å². The average molecular weight is 329 g/mol. The zero-order valence-electron chi connectivity index (χ0n) is 10.8. The lowest BCUT2D eigenvalue weighted by molar-refractivity contribution is 0.199. The van der Waals surface area contributed by atoms with Gasteiger partial charge in [-0.05, 0) is 41.0 Å². The first kappa shape index (κ1) is 14.3. The number of aryl methyl sites for hydroxylation is 1. The summed E-state index contributed by atoms with van der Waals surface area (Å²) in [6.07, 6.45) is 3.48. The molecule has 2 rings (SSSR count). The topological polar surface area (TPSA) is 60.4 Å². The van der Waals surface area contributed by atoms with Crippen LogP contribution in [0.1, 0.15) is 12.3 Å². The molecule has 104 valence electrons. The largest absolute Gasteiger partial charge is 0.446 e. The van der Waals surface area contributed by atoms with Crippen molar-refractivity contribution in [1.29, 1.82) is 0 Å². The number of hydrogen-bond donors (Lipinski definition) is 1. The van der Waals surface area contributed by atoms with E-state index in [1.54, 1.807) is 13.3 Å². The van der Waals surface area contributed by atoms with Gasteiger partial charge in [0, 0.05) is 20.1 Å². The van der Waals surface area contributed by atoms with Crippen molar-refractivity contribution in [3.8, 4) is 11.5 Å². The maximum absolute atomic E-state index is 5.63. The fourth-order valence-electron chi connectivity index (χ4n) is 1.65. The minimum absolute atomic E-state index is 0.660. The van der Waals surface area contributed by atoms with E-state index in [1.807, 2.05) is 12.1 Å². The van der Waals surface area contributed by atoms with Gasteiger partial charge in [0.25, 0.3) is 0 Å². The van der Waals surface area contributed by atoms with Gasteiger partial charge in [0.05, 0.1) is 12.8 Å². The minimum Gasteiger partial charge on any atom is -0.446 e. The van der Waals surface area contributed by atoms with Crippen LogP contribution in [0.2, 0.25) is 0 Å². The molecule has 0 fully saturated rings. The van der Waals surface area contributed by atoms with Gasteiger partial charge in [-0.1, -0.05) is 0 Å². The molecule has 1 N–H and O–H groups in total. The second-order valence-electron chi connectivity index (χ2n) is 4.07. The number of methoxy groups -OCH3 is 1. The fourth-order valence-corrected chi connectivity index (χ4v) is 1.96. The van der Waals surface area contributed by atoms with E-state index in [1.165, 1.54) is 0 Å². The second kappa shape index (κ2) is 7.47. The van der Waals surface area contributed by atoms with Crippen molar-refractivity contribution in [2.24, 2.45) is 0 Å². The second-order valence-corrected chi connectivity index (χ2v) is 4.85. The average Bonchev–Trinajstić information content (AvgIpc) is 3.02. The Balaban J connectivity index is 1.75. The molecule has 0 radical (unpaired) electrons. The standard InChI is InChI=1S/C13H17BrN2O3/c1-17-8-7-15-6-2-3-13-16-9-11(19-13)10-4-5-12(14)18-10/h4-5,9,15H,2-3,6-8H2,1H3. The van der Waals surface area contributed by atoms with Crippen molar-refractivity contribution < 1.29 is 13.6 Å². The molecule has 0 bridgehead atoms. The van der Waals surface area contributed by atoms with Gasteiger partial charge < -0.3 is 18.9 Å². The summed E-state index contributed by atoms with van der Waals surface area (Å²) >= 11 is 3.26. The Morgan fingerprint density at radius 3 is 2.89 bits per heavy atom.